The lowest BCUT2D eigenvalue weighted by atomic mass is 9.97. The Morgan fingerprint density at radius 1 is 1.07 bits per heavy atom. The Morgan fingerprint density at radius 3 is 2.48 bits per heavy atom. The first kappa shape index (κ1) is 20.0. The van der Waals surface area contributed by atoms with Gasteiger partial charge in [-0.3, -0.25) is 4.79 Å². The van der Waals surface area contributed by atoms with Crippen LogP contribution in [0.2, 0.25) is 0 Å². The van der Waals surface area contributed by atoms with Gasteiger partial charge in [0.2, 0.25) is 0 Å². The zero-order chi connectivity index (χ0) is 20.4. The van der Waals surface area contributed by atoms with Crippen LogP contribution in [0.1, 0.15) is 42.9 Å². The molecular formula is C25H32N2O2. The van der Waals surface area contributed by atoms with Gasteiger partial charge in [-0.25, -0.2) is 0 Å². The number of piperidine rings is 1. The number of carboxylic acids is 1. The number of hydrogen-bond acceptors (Lipinski definition) is 3. The van der Waals surface area contributed by atoms with Crippen LogP contribution in [0.4, 0.5) is 11.4 Å². The smallest absolute Gasteiger partial charge is 0.306 e. The van der Waals surface area contributed by atoms with E-state index in [2.05, 4.69) is 66.1 Å². The predicted molar refractivity (Wildman–Crippen MR) is 118 cm³/mol. The van der Waals surface area contributed by atoms with E-state index >= 15 is 0 Å². The monoisotopic (exact) mass is 392 g/mol. The van der Waals surface area contributed by atoms with Gasteiger partial charge in [-0.2, -0.15) is 0 Å². The third-order valence-electron chi connectivity index (χ3n) is 6.66. The summed E-state index contributed by atoms with van der Waals surface area (Å²) in [7, 11) is 0. The topological polar surface area (TPSA) is 43.8 Å². The number of carbonyl (C=O) groups is 1. The summed E-state index contributed by atoms with van der Waals surface area (Å²) in [5.41, 5.74) is 6.86. The van der Waals surface area contributed by atoms with Crippen molar-refractivity contribution in [3.63, 3.8) is 0 Å². The van der Waals surface area contributed by atoms with Gasteiger partial charge in [0, 0.05) is 24.0 Å². The first-order chi connectivity index (χ1) is 14.0. The van der Waals surface area contributed by atoms with Gasteiger partial charge in [0.25, 0.3) is 0 Å². The minimum atomic E-state index is -0.633. The van der Waals surface area contributed by atoms with Crippen LogP contribution < -0.4 is 4.90 Å². The molecule has 0 radical (unpaired) electrons. The molecule has 1 unspecified atom stereocenters. The number of aryl methyl sites for hydroxylation is 3. The summed E-state index contributed by atoms with van der Waals surface area (Å²) >= 11 is 0. The van der Waals surface area contributed by atoms with Gasteiger partial charge in [0.15, 0.2) is 0 Å². The Morgan fingerprint density at radius 2 is 1.76 bits per heavy atom. The van der Waals surface area contributed by atoms with Crippen LogP contribution in [0.5, 0.6) is 0 Å². The second-order valence-corrected chi connectivity index (χ2v) is 8.72. The standard InChI is InChI=1S/C25H32N2O2/c1-18-7-8-21-10-9-20-5-3-4-6-23(20)27(24(21)17-18)19(2)11-14-26-15-12-22(13-16-26)25(28)29/h3-8,17,19,22H,9-16H2,1-2H3,(H,28,29). The Kier molecular flexibility index (Phi) is 5.91. The fourth-order valence-corrected chi connectivity index (χ4v) is 4.84. The molecule has 0 aliphatic carbocycles. The van der Waals surface area contributed by atoms with Crippen LogP contribution in [-0.4, -0.2) is 41.7 Å². The number of rotatable bonds is 5. The molecule has 154 valence electrons. The molecule has 1 fully saturated rings. The highest BCUT2D eigenvalue weighted by Gasteiger charge is 2.27. The Bertz CT molecular complexity index is 871. The summed E-state index contributed by atoms with van der Waals surface area (Å²) < 4.78 is 0. The number of likely N-dealkylation sites (tertiary alicyclic amines) is 1. The number of para-hydroxylation sites is 1. The normalized spacial score (nSPS) is 18.6. The van der Waals surface area contributed by atoms with Gasteiger partial charge >= 0.3 is 5.97 Å². The first-order valence-corrected chi connectivity index (χ1v) is 10.9. The van der Waals surface area contributed by atoms with Gasteiger partial charge in [0.1, 0.15) is 0 Å². The summed E-state index contributed by atoms with van der Waals surface area (Å²) in [5, 5.41) is 9.22. The Hall–Kier alpha value is -2.33. The second kappa shape index (κ2) is 8.58. The fraction of sp³-hybridized carbons (Fsp3) is 0.480. The molecule has 2 aliphatic heterocycles. The summed E-state index contributed by atoms with van der Waals surface area (Å²) in [6.45, 7) is 7.32. The SMILES string of the molecule is Cc1ccc2c(c1)N(C(C)CCN1CCC(C(=O)O)CC1)c1ccccc1CC2. The molecule has 4 nitrogen and oxygen atoms in total. The fourth-order valence-electron chi connectivity index (χ4n) is 4.84. The molecule has 2 aromatic carbocycles. The molecule has 1 saturated heterocycles. The Labute approximate surface area is 174 Å². The molecule has 0 amide bonds. The first-order valence-electron chi connectivity index (χ1n) is 10.9. The molecular weight excluding hydrogens is 360 g/mol. The van der Waals surface area contributed by atoms with Gasteiger partial charge in [-0.15, -0.1) is 0 Å². The van der Waals surface area contributed by atoms with E-state index in [1.165, 1.54) is 28.1 Å². The maximum Gasteiger partial charge on any atom is 0.306 e. The highest BCUT2D eigenvalue weighted by atomic mass is 16.4. The van der Waals surface area contributed by atoms with Gasteiger partial charge in [-0.1, -0.05) is 30.3 Å². The van der Waals surface area contributed by atoms with Crippen molar-refractivity contribution >= 4 is 17.3 Å². The van der Waals surface area contributed by atoms with Crippen molar-refractivity contribution in [2.24, 2.45) is 5.92 Å². The molecule has 1 N–H and O–H groups in total. The predicted octanol–water partition coefficient (Wildman–Crippen LogP) is 4.81. The minimum Gasteiger partial charge on any atom is -0.481 e. The maximum atomic E-state index is 11.2. The zero-order valence-electron chi connectivity index (χ0n) is 17.6. The number of nitrogens with zero attached hydrogens (tertiary/aromatic N) is 2. The summed E-state index contributed by atoms with van der Waals surface area (Å²) in [4.78, 5) is 16.2. The van der Waals surface area contributed by atoms with E-state index in [1.54, 1.807) is 0 Å². The van der Waals surface area contributed by atoms with Crippen molar-refractivity contribution < 1.29 is 9.90 Å². The number of carboxylic acid groups (broad SMARTS) is 1. The number of aliphatic carboxylic acids is 1. The number of hydrogen-bond donors (Lipinski definition) is 1. The molecule has 2 aromatic rings. The third kappa shape index (κ3) is 4.32. The molecule has 0 aromatic heterocycles. The van der Waals surface area contributed by atoms with E-state index in [1.807, 2.05) is 0 Å². The highest BCUT2D eigenvalue weighted by Crippen LogP contribution is 2.38. The zero-order valence-corrected chi connectivity index (χ0v) is 17.6. The van der Waals surface area contributed by atoms with E-state index in [4.69, 9.17) is 0 Å². The second-order valence-electron chi connectivity index (χ2n) is 8.72. The lowest BCUT2D eigenvalue weighted by molar-refractivity contribution is -0.143. The minimum absolute atomic E-state index is 0.156. The van der Waals surface area contributed by atoms with Crippen molar-refractivity contribution in [1.82, 2.24) is 4.90 Å². The van der Waals surface area contributed by atoms with Crippen LogP contribution in [0.3, 0.4) is 0 Å². The van der Waals surface area contributed by atoms with Crippen molar-refractivity contribution in [1.29, 1.82) is 0 Å². The van der Waals surface area contributed by atoms with E-state index in [0.717, 1.165) is 51.7 Å². The molecule has 2 heterocycles. The van der Waals surface area contributed by atoms with Crippen molar-refractivity contribution in [2.75, 3.05) is 24.5 Å². The van der Waals surface area contributed by atoms with Gasteiger partial charge in [-0.05, 0) is 87.9 Å². The Balaban J connectivity index is 1.52. The van der Waals surface area contributed by atoms with Crippen molar-refractivity contribution in [3.05, 3.63) is 59.2 Å². The number of fused-ring (bicyclic) bond motifs is 2. The lowest BCUT2D eigenvalue weighted by Gasteiger charge is -2.36. The molecule has 29 heavy (non-hydrogen) atoms. The van der Waals surface area contributed by atoms with Crippen molar-refractivity contribution in [2.45, 2.75) is 52.0 Å². The molecule has 2 aliphatic rings. The molecule has 1 atom stereocenters. The molecule has 0 saturated carbocycles. The van der Waals surface area contributed by atoms with Crippen LogP contribution >= 0.6 is 0 Å². The summed E-state index contributed by atoms with van der Waals surface area (Å²) in [6.07, 6.45) is 4.78. The van der Waals surface area contributed by atoms with Crippen LogP contribution in [-0.2, 0) is 17.6 Å². The molecule has 4 heteroatoms. The van der Waals surface area contributed by atoms with Gasteiger partial charge in [0.05, 0.1) is 5.92 Å². The highest BCUT2D eigenvalue weighted by molar-refractivity contribution is 5.72. The average Bonchev–Trinajstić information content (AvgIpc) is 2.88. The van der Waals surface area contributed by atoms with Crippen LogP contribution in [0, 0.1) is 12.8 Å². The molecule has 0 spiro atoms. The lowest BCUT2D eigenvalue weighted by Crippen LogP contribution is -2.39. The van der Waals surface area contributed by atoms with Crippen LogP contribution in [0.15, 0.2) is 42.5 Å². The quantitative estimate of drug-likeness (QED) is 0.793. The summed E-state index contributed by atoms with van der Waals surface area (Å²) in [6, 6.07) is 16.1. The van der Waals surface area contributed by atoms with Crippen molar-refractivity contribution in [3.8, 4) is 0 Å². The van der Waals surface area contributed by atoms with E-state index in [9.17, 15) is 9.90 Å². The average molecular weight is 393 g/mol. The van der Waals surface area contributed by atoms with Crippen LogP contribution in [0.25, 0.3) is 0 Å². The van der Waals surface area contributed by atoms with E-state index in [0.29, 0.717) is 6.04 Å². The third-order valence-corrected chi connectivity index (χ3v) is 6.66. The molecule has 0 bridgehead atoms. The number of anilines is 2. The van der Waals surface area contributed by atoms with E-state index in [-0.39, 0.29) is 5.92 Å². The van der Waals surface area contributed by atoms with Gasteiger partial charge < -0.3 is 14.9 Å². The van der Waals surface area contributed by atoms with E-state index < -0.39 is 5.97 Å². The largest absolute Gasteiger partial charge is 0.481 e. The summed E-state index contributed by atoms with van der Waals surface area (Å²) in [5.74, 6) is -0.790. The maximum absolute atomic E-state index is 11.2. The molecule has 4 rings (SSSR count). The number of benzene rings is 2.